The summed E-state index contributed by atoms with van der Waals surface area (Å²) in [5.41, 5.74) is 3.07. The fourth-order valence-electron chi connectivity index (χ4n) is 2.21. The van der Waals surface area contributed by atoms with Crippen molar-refractivity contribution in [3.63, 3.8) is 0 Å². The summed E-state index contributed by atoms with van der Waals surface area (Å²) < 4.78 is 15.6. The Bertz CT molecular complexity index is 607. The highest BCUT2D eigenvalue weighted by molar-refractivity contribution is 5.31. The van der Waals surface area contributed by atoms with Crippen LogP contribution < -0.4 is 0 Å². The van der Waals surface area contributed by atoms with Crippen molar-refractivity contribution in [2.24, 2.45) is 7.05 Å². The smallest absolute Gasteiger partial charge is 0.144 e. The normalized spacial score (nSPS) is 12.2. The van der Waals surface area contributed by atoms with E-state index in [1.165, 1.54) is 6.07 Å². The molecular weight excluding hydrogens is 253 g/mol. The minimum absolute atomic E-state index is 0.0659. The van der Waals surface area contributed by atoms with Crippen LogP contribution in [0.4, 0.5) is 4.39 Å². The summed E-state index contributed by atoms with van der Waals surface area (Å²) in [4.78, 5) is 4.53. The van der Waals surface area contributed by atoms with Gasteiger partial charge in [-0.2, -0.15) is 5.10 Å². The van der Waals surface area contributed by atoms with Gasteiger partial charge < -0.3 is 0 Å². The summed E-state index contributed by atoms with van der Waals surface area (Å²) in [6.45, 7) is 10.1. The lowest BCUT2D eigenvalue weighted by atomic mass is 9.84. The number of halogens is 1. The number of nitrogens with zero attached hydrogens (tertiary/aromatic N) is 3. The summed E-state index contributed by atoms with van der Waals surface area (Å²) in [5, 5.41) is 4.54. The maximum absolute atomic E-state index is 13.8. The third-order valence-electron chi connectivity index (χ3n) is 3.81. The first-order chi connectivity index (χ1) is 9.23. The molecular formula is C16H22FN3. The van der Waals surface area contributed by atoms with Gasteiger partial charge in [-0.05, 0) is 44.9 Å². The molecule has 2 rings (SSSR count). The molecule has 0 aliphatic rings. The Hall–Kier alpha value is -1.71. The van der Waals surface area contributed by atoms with Gasteiger partial charge in [-0.3, -0.25) is 9.67 Å². The van der Waals surface area contributed by atoms with Crippen LogP contribution in [-0.2, 0) is 12.5 Å². The van der Waals surface area contributed by atoms with Gasteiger partial charge >= 0.3 is 0 Å². The van der Waals surface area contributed by atoms with E-state index in [1.807, 2.05) is 32.5 Å². The van der Waals surface area contributed by atoms with Crippen molar-refractivity contribution in [2.45, 2.75) is 46.0 Å². The fourth-order valence-corrected chi connectivity index (χ4v) is 2.21. The Balaban J connectivity index is 2.51. The van der Waals surface area contributed by atoms with E-state index in [2.05, 4.69) is 30.0 Å². The standard InChI is InChI=1S/C16H22FN3/c1-10(2)15-12(17)7-8-13(18-15)16(4,5)14-9-11(3)20(6)19-14/h7-10H,1-6H3. The zero-order chi connectivity index (χ0) is 15.1. The number of rotatable bonds is 3. The molecule has 0 aliphatic heterocycles. The molecule has 0 fully saturated rings. The predicted octanol–water partition coefficient (Wildman–Crippen LogP) is 3.71. The van der Waals surface area contributed by atoms with E-state index in [0.29, 0.717) is 5.69 Å². The summed E-state index contributed by atoms with van der Waals surface area (Å²) in [6.07, 6.45) is 0. The van der Waals surface area contributed by atoms with E-state index in [1.54, 1.807) is 6.07 Å². The van der Waals surface area contributed by atoms with E-state index in [0.717, 1.165) is 17.1 Å². The Kier molecular flexibility index (Phi) is 3.67. The van der Waals surface area contributed by atoms with Gasteiger partial charge in [0.2, 0.25) is 0 Å². The third-order valence-corrected chi connectivity index (χ3v) is 3.81. The molecule has 0 spiro atoms. The lowest BCUT2D eigenvalue weighted by Crippen LogP contribution is -2.22. The summed E-state index contributed by atoms with van der Waals surface area (Å²) in [6, 6.07) is 5.32. The second-order valence-electron chi connectivity index (χ2n) is 6.14. The van der Waals surface area contributed by atoms with Crippen molar-refractivity contribution in [2.75, 3.05) is 0 Å². The number of aromatic nitrogens is 3. The first-order valence-electron chi connectivity index (χ1n) is 6.91. The topological polar surface area (TPSA) is 30.7 Å². The molecule has 3 nitrogen and oxygen atoms in total. The summed E-state index contributed by atoms with van der Waals surface area (Å²) >= 11 is 0. The van der Waals surface area contributed by atoms with E-state index >= 15 is 0 Å². The van der Waals surface area contributed by atoms with Gasteiger partial charge in [0.1, 0.15) is 5.82 Å². The Morgan fingerprint density at radius 1 is 1.20 bits per heavy atom. The molecule has 0 unspecified atom stereocenters. The van der Waals surface area contributed by atoms with E-state index in [-0.39, 0.29) is 17.2 Å². The molecule has 108 valence electrons. The number of hydrogen-bond donors (Lipinski definition) is 0. The number of aryl methyl sites for hydroxylation is 2. The molecule has 2 aromatic rings. The van der Waals surface area contributed by atoms with Gasteiger partial charge in [0, 0.05) is 12.7 Å². The Morgan fingerprint density at radius 3 is 2.35 bits per heavy atom. The Labute approximate surface area is 119 Å². The van der Waals surface area contributed by atoms with Gasteiger partial charge in [0.15, 0.2) is 0 Å². The molecule has 0 aromatic carbocycles. The number of pyridine rings is 1. The minimum atomic E-state index is -0.344. The molecule has 0 N–H and O–H groups in total. The molecule has 0 aliphatic carbocycles. The van der Waals surface area contributed by atoms with Crippen LogP contribution in [0.15, 0.2) is 18.2 Å². The summed E-state index contributed by atoms with van der Waals surface area (Å²) in [5.74, 6) is -0.173. The largest absolute Gasteiger partial charge is 0.273 e. The van der Waals surface area contributed by atoms with Crippen molar-refractivity contribution >= 4 is 0 Å². The highest BCUT2D eigenvalue weighted by Gasteiger charge is 2.29. The SMILES string of the molecule is Cc1cc(C(C)(C)c2ccc(F)c(C(C)C)n2)nn1C. The van der Waals surface area contributed by atoms with Crippen LogP contribution in [0.5, 0.6) is 0 Å². The summed E-state index contributed by atoms with van der Waals surface area (Å²) in [7, 11) is 1.92. The zero-order valence-electron chi connectivity index (χ0n) is 13.0. The van der Waals surface area contributed by atoms with Crippen molar-refractivity contribution in [3.05, 3.63) is 46.8 Å². The fraction of sp³-hybridized carbons (Fsp3) is 0.500. The molecule has 20 heavy (non-hydrogen) atoms. The van der Waals surface area contributed by atoms with E-state index in [4.69, 9.17) is 0 Å². The highest BCUT2D eigenvalue weighted by Crippen LogP contribution is 2.31. The maximum Gasteiger partial charge on any atom is 0.144 e. The van der Waals surface area contributed by atoms with Crippen LogP contribution in [0.25, 0.3) is 0 Å². The molecule has 2 aromatic heterocycles. The Morgan fingerprint density at radius 2 is 1.85 bits per heavy atom. The third kappa shape index (κ3) is 2.47. The van der Waals surface area contributed by atoms with Crippen LogP contribution in [0.2, 0.25) is 0 Å². The second-order valence-corrected chi connectivity index (χ2v) is 6.14. The average molecular weight is 275 g/mol. The van der Waals surface area contributed by atoms with Crippen molar-refractivity contribution in [1.82, 2.24) is 14.8 Å². The van der Waals surface area contributed by atoms with Crippen molar-refractivity contribution in [3.8, 4) is 0 Å². The van der Waals surface area contributed by atoms with Crippen LogP contribution in [0.1, 0.15) is 56.4 Å². The number of hydrogen-bond acceptors (Lipinski definition) is 2. The molecule has 0 amide bonds. The molecule has 0 saturated heterocycles. The lowest BCUT2D eigenvalue weighted by Gasteiger charge is -2.23. The van der Waals surface area contributed by atoms with Crippen LogP contribution in [0.3, 0.4) is 0 Å². The van der Waals surface area contributed by atoms with Gasteiger partial charge in [0.05, 0.1) is 22.5 Å². The van der Waals surface area contributed by atoms with Crippen LogP contribution >= 0.6 is 0 Å². The van der Waals surface area contributed by atoms with E-state index < -0.39 is 0 Å². The van der Waals surface area contributed by atoms with Gasteiger partial charge in [-0.25, -0.2) is 4.39 Å². The quantitative estimate of drug-likeness (QED) is 0.855. The first kappa shape index (κ1) is 14.7. The molecule has 0 atom stereocenters. The molecule has 0 bridgehead atoms. The maximum atomic E-state index is 13.8. The van der Waals surface area contributed by atoms with E-state index in [9.17, 15) is 4.39 Å². The van der Waals surface area contributed by atoms with Crippen molar-refractivity contribution < 1.29 is 4.39 Å². The molecule has 0 saturated carbocycles. The monoisotopic (exact) mass is 275 g/mol. The molecule has 4 heteroatoms. The second kappa shape index (κ2) is 5.00. The molecule has 2 heterocycles. The van der Waals surface area contributed by atoms with Gasteiger partial charge in [-0.1, -0.05) is 13.8 Å². The molecule has 0 radical (unpaired) electrons. The van der Waals surface area contributed by atoms with Crippen molar-refractivity contribution in [1.29, 1.82) is 0 Å². The average Bonchev–Trinajstić information content (AvgIpc) is 2.70. The van der Waals surface area contributed by atoms with Crippen LogP contribution in [-0.4, -0.2) is 14.8 Å². The lowest BCUT2D eigenvalue weighted by molar-refractivity contribution is 0.545. The van der Waals surface area contributed by atoms with Gasteiger partial charge in [0.25, 0.3) is 0 Å². The highest BCUT2D eigenvalue weighted by atomic mass is 19.1. The first-order valence-corrected chi connectivity index (χ1v) is 6.91. The van der Waals surface area contributed by atoms with Gasteiger partial charge in [-0.15, -0.1) is 0 Å². The van der Waals surface area contributed by atoms with Crippen LogP contribution in [0, 0.1) is 12.7 Å². The zero-order valence-corrected chi connectivity index (χ0v) is 13.0. The minimum Gasteiger partial charge on any atom is -0.273 e. The predicted molar refractivity (Wildman–Crippen MR) is 78.4 cm³/mol.